The van der Waals surface area contributed by atoms with E-state index in [1.54, 1.807) is 11.8 Å². The molecule has 1 aromatic rings. The molecule has 6 heteroatoms. The van der Waals surface area contributed by atoms with Gasteiger partial charge in [-0.15, -0.1) is 0 Å². The summed E-state index contributed by atoms with van der Waals surface area (Å²) in [5.74, 6) is 1.02. The second kappa shape index (κ2) is 4.39. The molecule has 1 aliphatic carbocycles. The summed E-state index contributed by atoms with van der Waals surface area (Å²) < 4.78 is 5.51. The lowest BCUT2D eigenvalue weighted by atomic mass is 10.1. The molecule has 0 bridgehead atoms. The predicted molar refractivity (Wildman–Crippen MR) is 66.9 cm³/mol. The maximum Gasteiger partial charge on any atom is 0.269 e. The highest BCUT2D eigenvalue weighted by molar-refractivity contribution is 6.28. The smallest absolute Gasteiger partial charge is 0.269 e. The molecule has 3 rings (SSSR count). The largest absolute Gasteiger partial charge is 0.475 e. The summed E-state index contributed by atoms with van der Waals surface area (Å²) in [7, 11) is 0. The first kappa shape index (κ1) is 11.7. The van der Waals surface area contributed by atoms with Gasteiger partial charge >= 0.3 is 0 Å². The minimum Gasteiger partial charge on any atom is -0.475 e. The summed E-state index contributed by atoms with van der Waals surface area (Å²) >= 11 is 5.82. The Labute approximate surface area is 110 Å². The Morgan fingerprint density at radius 1 is 1.44 bits per heavy atom. The minimum atomic E-state index is -0.483. The first-order chi connectivity index (χ1) is 8.66. The molecule has 2 heterocycles. The van der Waals surface area contributed by atoms with E-state index in [0.717, 1.165) is 25.7 Å². The zero-order chi connectivity index (χ0) is 12.7. The highest BCUT2D eigenvalue weighted by atomic mass is 35.5. The summed E-state index contributed by atoms with van der Waals surface area (Å²) in [5.41, 5.74) is 0. The van der Waals surface area contributed by atoms with Crippen LogP contribution in [0, 0.1) is 0 Å². The molecular weight excluding hydrogens is 254 g/mol. The molecule has 0 spiro atoms. The van der Waals surface area contributed by atoms with E-state index in [-0.39, 0.29) is 17.2 Å². The van der Waals surface area contributed by atoms with Crippen LogP contribution in [-0.4, -0.2) is 28.0 Å². The van der Waals surface area contributed by atoms with E-state index in [2.05, 4.69) is 9.97 Å². The van der Waals surface area contributed by atoms with Crippen molar-refractivity contribution in [2.24, 2.45) is 0 Å². The van der Waals surface area contributed by atoms with E-state index in [9.17, 15) is 4.79 Å². The van der Waals surface area contributed by atoms with Gasteiger partial charge in [0.2, 0.25) is 5.28 Å². The molecule has 1 aliphatic heterocycles. The molecule has 18 heavy (non-hydrogen) atoms. The average molecular weight is 268 g/mol. The van der Waals surface area contributed by atoms with Crippen molar-refractivity contribution in [2.45, 2.75) is 44.8 Å². The number of carbonyl (C=O) groups excluding carboxylic acids is 1. The average Bonchev–Trinajstić information content (AvgIpc) is 2.85. The standard InChI is InChI=1S/C12H14ClN3O2/c1-7-11(17)16(8-4-2-3-5-8)10-9(18-7)6-14-12(13)15-10/h6-8H,2-5H2,1H3. The molecule has 0 aromatic carbocycles. The van der Waals surface area contributed by atoms with Gasteiger partial charge in [-0.2, -0.15) is 4.98 Å². The molecule has 1 atom stereocenters. The van der Waals surface area contributed by atoms with Gasteiger partial charge in [0.1, 0.15) is 0 Å². The first-order valence-corrected chi connectivity index (χ1v) is 6.57. The third kappa shape index (κ3) is 1.82. The Balaban J connectivity index is 2.05. The molecule has 96 valence electrons. The van der Waals surface area contributed by atoms with Crippen LogP contribution in [0.15, 0.2) is 6.20 Å². The summed E-state index contributed by atoms with van der Waals surface area (Å²) in [6.07, 6.45) is 5.38. The number of anilines is 1. The highest BCUT2D eigenvalue weighted by Gasteiger charge is 2.38. The lowest BCUT2D eigenvalue weighted by Gasteiger charge is -2.35. The Morgan fingerprint density at radius 3 is 2.89 bits per heavy atom. The van der Waals surface area contributed by atoms with E-state index >= 15 is 0 Å². The van der Waals surface area contributed by atoms with Crippen LogP contribution in [0.1, 0.15) is 32.6 Å². The van der Waals surface area contributed by atoms with Gasteiger partial charge < -0.3 is 4.74 Å². The minimum absolute atomic E-state index is 0.0378. The molecule has 0 saturated heterocycles. The summed E-state index contributed by atoms with van der Waals surface area (Å²) in [6.45, 7) is 1.75. The van der Waals surface area contributed by atoms with Gasteiger partial charge in [0.15, 0.2) is 17.7 Å². The number of rotatable bonds is 1. The van der Waals surface area contributed by atoms with Crippen LogP contribution in [0.5, 0.6) is 5.75 Å². The Hall–Kier alpha value is -1.36. The number of amides is 1. The number of ether oxygens (including phenoxy) is 1. The molecule has 1 amide bonds. The Morgan fingerprint density at radius 2 is 2.17 bits per heavy atom. The molecular formula is C12H14ClN3O2. The fourth-order valence-electron chi connectivity index (χ4n) is 2.65. The molecule has 0 radical (unpaired) electrons. The molecule has 0 N–H and O–H groups in total. The van der Waals surface area contributed by atoms with Crippen LogP contribution in [0.2, 0.25) is 5.28 Å². The number of nitrogens with zero attached hydrogens (tertiary/aromatic N) is 3. The van der Waals surface area contributed by atoms with Gasteiger partial charge in [0, 0.05) is 6.04 Å². The monoisotopic (exact) mass is 267 g/mol. The second-order valence-electron chi connectivity index (χ2n) is 4.73. The van der Waals surface area contributed by atoms with E-state index < -0.39 is 6.10 Å². The number of hydrogen-bond acceptors (Lipinski definition) is 4. The van der Waals surface area contributed by atoms with Crippen LogP contribution in [0.3, 0.4) is 0 Å². The van der Waals surface area contributed by atoms with Crippen LogP contribution < -0.4 is 9.64 Å². The summed E-state index contributed by atoms with van der Waals surface area (Å²) in [6, 6.07) is 0.216. The van der Waals surface area contributed by atoms with Crippen molar-refractivity contribution in [1.82, 2.24) is 9.97 Å². The third-order valence-electron chi connectivity index (χ3n) is 3.51. The van der Waals surface area contributed by atoms with Crippen molar-refractivity contribution in [3.63, 3.8) is 0 Å². The van der Waals surface area contributed by atoms with Gasteiger partial charge in [-0.05, 0) is 31.4 Å². The number of halogens is 1. The zero-order valence-electron chi connectivity index (χ0n) is 10.1. The lowest BCUT2D eigenvalue weighted by Crippen LogP contribution is -2.49. The van der Waals surface area contributed by atoms with Crippen molar-refractivity contribution in [3.8, 4) is 5.75 Å². The van der Waals surface area contributed by atoms with Crippen molar-refractivity contribution >= 4 is 23.3 Å². The Bertz CT molecular complexity index is 488. The van der Waals surface area contributed by atoms with Gasteiger partial charge in [-0.1, -0.05) is 12.8 Å². The number of fused-ring (bicyclic) bond motifs is 1. The van der Waals surface area contributed by atoms with Crippen molar-refractivity contribution in [3.05, 3.63) is 11.5 Å². The maximum atomic E-state index is 12.3. The second-order valence-corrected chi connectivity index (χ2v) is 5.07. The van der Waals surface area contributed by atoms with Crippen LogP contribution >= 0.6 is 11.6 Å². The molecule has 1 unspecified atom stereocenters. The van der Waals surface area contributed by atoms with Crippen LogP contribution in [0.25, 0.3) is 0 Å². The first-order valence-electron chi connectivity index (χ1n) is 6.19. The van der Waals surface area contributed by atoms with E-state index in [1.807, 2.05) is 0 Å². The summed E-state index contributed by atoms with van der Waals surface area (Å²) in [4.78, 5) is 22.1. The van der Waals surface area contributed by atoms with Crippen molar-refractivity contribution in [1.29, 1.82) is 0 Å². The van der Waals surface area contributed by atoms with Gasteiger partial charge in [-0.3, -0.25) is 9.69 Å². The fourth-order valence-corrected chi connectivity index (χ4v) is 2.78. The van der Waals surface area contributed by atoms with E-state index in [0.29, 0.717) is 11.6 Å². The molecule has 5 nitrogen and oxygen atoms in total. The topological polar surface area (TPSA) is 55.3 Å². The summed E-state index contributed by atoms with van der Waals surface area (Å²) in [5, 5.41) is 0.141. The molecule has 1 fully saturated rings. The van der Waals surface area contributed by atoms with Gasteiger partial charge in [-0.25, -0.2) is 4.98 Å². The number of aromatic nitrogens is 2. The SMILES string of the molecule is CC1Oc2cnc(Cl)nc2N(C2CCCC2)C1=O. The lowest BCUT2D eigenvalue weighted by molar-refractivity contribution is -0.126. The zero-order valence-corrected chi connectivity index (χ0v) is 10.9. The van der Waals surface area contributed by atoms with Crippen molar-refractivity contribution < 1.29 is 9.53 Å². The van der Waals surface area contributed by atoms with Crippen LogP contribution in [0.4, 0.5) is 5.82 Å². The van der Waals surface area contributed by atoms with Gasteiger partial charge in [0.25, 0.3) is 5.91 Å². The highest BCUT2D eigenvalue weighted by Crippen LogP contribution is 2.37. The Kier molecular flexibility index (Phi) is 2.86. The quantitative estimate of drug-likeness (QED) is 0.732. The van der Waals surface area contributed by atoms with E-state index in [1.165, 1.54) is 6.20 Å². The molecule has 1 aromatic heterocycles. The molecule has 2 aliphatic rings. The maximum absolute atomic E-state index is 12.3. The van der Waals surface area contributed by atoms with Gasteiger partial charge in [0.05, 0.1) is 6.20 Å². The van der Waals surface area contributed by atoms with E-state index in [4.69, 9.17) is 16.3 Å². The predicted octanol–water partition coefficient (Wildman–Crippen LogP) is 2.19. The fraction of sp³-hybridized carbons (Fsp3) is 0.583. The normalized spacial score (nSPS) is 24.0. The number of carbonyl (C=O) groups is 1. The molecule has 1 saturated carbocycles. The van der Waals surface area contributed by atoms with Crippen LogP contribution in [-0.2, 0) is 4.79 Å². The van der Waals surface area contributed by atoms with Crippen molar-refractivity contribution in [2.75, 3.05) is 4.90 Å². The third-order valence-corrected chi connectivity index (χ3v) is 3.70. The number of hydrogen-bond donors (Lipinski definition) is 0.